The second-order valence-corrected chi connectivity index (χ2v) is 6.22. The van der Waals surface area contributed by atoms with Crippen molar-refractivity contribution in [1.82, 2.24) is 0 Å². The maximum Gasteiger partial charge on any atom is 0.161 e. The molecule has 1 aromatic carbocycles. The molecule has 136 valence electrons. The van der Waals surface area contributed by atoms with Crippen LogP contribution >= 0.6 is 0 Å². The summed E-state index contributed by atoms with van der Waals surface area (Å²) in [6.45, 7) is 5.68. The first-order valence-corrected chi connectivity index (χ1v) is 9.44. The molecule has 0 spiro atoms. The normalized spacial score (nSPS) is 16.2. The summed E-state index contributed by atoms with van der Waals surface area (Å²) in [6.07, 6.45) is 9.00. The first-order chi connectivity index (χ1) is 11.9. The lowest BCUT2D eigenvalue weighted by atomic mass is 10.0. The van der Waals surface area contributed by atoms with Crippen LogP contribution in [-0.4, -0.2) is 39.6 Å². The van der Waals surface area contributed by atoms with E-state index in [1.807, 2.05) is 6.07 Å². The second kappa shape index (κ2) is 12.2. The van der Waals surface area contributed by atoms with Crippen molar-refractivity contribution in [3.05, 3.63) is 23.8 Å². The molecule has 2 rings (SSSR count). The number of unbranched alkanes of at least 4 members (excludes halogenated alkanes) is 5. The van der Waals surface area contributed by atoms with Crippen molar-refractivity contribution >= 4 is 0 Å². The van der Waals surface area contributed by atoms with Gasteiger partial charge in [0.15, 0.2) is 11.5 Å². The van der Waals surface area contributed by atoms with Crippen molar-refractivity contribution in [2.45, 2.75) is 51.9 Å². The van der Waals surface area contributed by atoms with Crippen molar-refractivity contribution in [3.63, 3.8) is 0 Å². The maximum absolute atomic E-state index is 5.87. The van der Waals surface area contributed by atoms with E-state index in [0.717, 1.165) is 17.9 Å². The number of fused-ring (bicyclic) bond motifs is 1. The summed E-state index contributed by atoms with van der Waals surface area (Å²) in [6, 6.07) is 6.29. The van der Waals surface area contributed by atoms with Gasteiger partial charge < -0.3 is 18.9 Å². The number of ether oxygens (including phenoxy) is 4. The molecular weight excluding hydrogens is 304 g/mol. The van der Waals surface area contributed by atoms with Gasteiger partial charge in [0.2, 0.25) is 0 Å². The van der Waals surface area contributed by atoms with Crippen molar-refractivity contribution in [3.8, 4) is 11.5 Å². The fourth-order valence-corrected chi connectivity index (χ4v) is 2.79. The Morgan fingerprint density at radius 2 is 1.33 bits per heavy atom. The van der Waals surface area contributed by atoms with E-state index in [-0.39, 0.29) is 0 Å². The van der Waals surface area contributed by atoms with Crippen LogP contribution in [0.25, 0.3) is 0 Å². The monoisotopic (exact) mass is 336 g/mol. The van der Waals surface area contributed by atoms with E-state index in [4.69, 9.17) is 18.9 Å². The molecule has 0 fully saturated rings. The van der Waals surface area contributed by atoms with E-state index in [1.165, 1.54) is 44.1 Å². The molecule has 0 bridgehead atoms. The third-order valence-corrected chi connectivity index (χ3v) is 4.17. The molecule has 24 heavy (non-hydrogen) atoms. The SMILES string of the molecule is CCCCCCCCc1ccc2c(c1)OCCOCCOCCO2. The highest BCUT2D eigenvalue weighted by Gasteiger charge is 2.08. The first-order valence-electron chi connectivity index (χ1n) is 9.44. The van der Waals surface area contributed by atoms with Gasteiger partial charge in [0.25, 0.3) is 0 Å². The molecule has 0 N–H and O–H groups in total. The molecule has 0 saturated heterocycles. The van der Waals surface area contributed by atoms with Crippen LogP contribution < -0.4 is 9.47 Å². The Labute approximate surface area is 146 Å². The zero-order valence-electron chi connectivity index (χ0n) is 15.1. The Morgan fingerprint density at radius 3 is 2.08 bits per heavy atom. The average molecular weight is 336 g/mol. The van der Waals surface area contributed by atoms with E-state index in [1.54, 1.807) is 0 Å². The number of aryl methyl sites for hydroxylation is 1. The Bertz CT molecular complexity index is 447. The highest BCUT2D eigenvalue weighted by atomic mass is 16.6. The zero-order valence-corrected chi connectivity index (χ0v) is 15.1. The van der Waals surface area contributed by atoms with E-state index >= 15 is 0 Å². The third-order valence-electron chi connectivity index (χ3n) is 4.17. The minimum atomic E-state index is 0.535. The highest BCUT2D eigenvalue weighted by molar-refractivity contribution is 5.43. The number of hydrogen-bond donors (Lipinski definition) is 0. The molecule has 1 heterocycles. The van der Waals surface area contributed by atoms with Gasteiger partial charge >= 0.3 is 0 Å². The smallest absolute Gasteiger partial charge is 0.161 e. The average Bonchev–Trinajstić information content (AvgIpc) is 2.59. The lowest BCUT2D eigenvalue weighted by Gasteiger charge is -2.16. The van der Waals surface area contributed by atoms with Gasteiger partial charge in [-0.15, -0.1) is 0 Å². The fraction of sp³-hybridized carbons (Fsp3) is 0.700. The van der Waals surface area contributed by atoms with Crippen LogP contribution in [0.15, 0.2) is 18.2 Å². The van der Waals surface area contributed by atoms with Gasteiger partial charge in [0.1, 0.15) is 13.2 Å². The molecule has 1 aromatic rings. The van der Waals surface area contributed by atoms with Crippen LogP contribution in [0.5, 0.6) is 11.5 Å². The standard InChI is InChI=1S/C20H32O4/c1-2-3-4-5-6-7-8-18-9-10-19-20(17-18)24-16-14-22-12-11-21-13-15-23-19/h9-10,17H,2-8,11-16H2,1H3. The highest BCUT2D eigenvalue weighted by Crippen LogP contribution is 2.29. The summed E-state index contributed by atoms with van der Waals surface area (Å²) in [5.41, 5.74) is 1.32. The Morgan fingerprint density at radius 1 is 0.708 bits per heavy atom. The van der Waals surface area contributed by atoms with Gasteiger partial charge in [0, 0.05) is 0 Å². The largest absolute Gasteiger partial charge is 0.487 e. The summed E-state index contributed by atoms with van der Waals surface area (Å²) in [5.74, 6) is 1.62. The van der Waals surface area contributed by atoms with Crippen LogP contribution in [0.3, 0.4) is 0 Å². The lowest BCUT2D eigenvalue weighted by Crippen LogP contribution is -2.15. The molecule has 0 atom stereocenters. The van der Waals surface area contributed by atoms with Crippen molar-refractivity contribution in [1.29, 1.82) is 0 Å². The molecule has 4 heteroatoms. The number of rotatable bonds is 7. The van der Waals surface area contributed by atoms with Crippen molar-refractivity contribution in [2.75, 3.05) is 39.6 Å². The quantitative estimate of drug-likeness (QED) is 0.692. The van der Waals surface area contributed by atoms with Gasteiger partial charge in [-0.1, -0.05) is 45.1 Å². The zero-order chi connectivity index (χ0) is 16.9. The number of hydrogen-bond acceptors (Lipinski definition) is 4. The minimum absolute atomic E-state index is 0.535. The van der Waals surface area contributed by atoms with Crippen molar-refractivity contribution in [2.24, 2.45) is 0 Å². The molecule has 0 radical (unpaired) electrons. The van der Waals surface area contributed by atoms with Crippen LogP contribution in [0.2, 0.25) is 0 Å². The molecular formula is C20H32O4. The molecule has 0 unspecified atom stereocenters. The predicted octanol–water partition coefficient (Wildman–Crippen LogP) is 4.39. The van der Waals surface area contributed by atoms with Gasteiger partial charge in [-0.05, 0) is 30.5 Å². The third kappa shape index (κ3) is 7.54. The Hall–Kier alpha value is -1.26. The molecule has 0 aliphatic carbocycles. The molecule has 1 aliphatic heterocycles. The van der Waals surface area contributed by atoms with E-state index < -0.39 is 0 Å². The van der Waals surface area contributed by atoms with E-state index in [0.29, 0.717) is 39.6 Å². The summed E-state index contributed by atoms with van der Waals surface area (Å²) in [5, 5.41) is 0. The first kappa shape index (κ1) is 19.1. The summed E-state index contributed by atoms with van der Waals surface area (Å²) >= 11 is 0. The molecule has 1 aliphatic rings. The van der Waals surface area contributed by atoms with Gasteiger partial charge in [-0.3, -0.25) is 0 Å². The van der Waals surface area contributed by atoms with Gasteiger partial charge in [-0.25, -0.2) is 0 Å². The fourth-order valence-electron chi connectivity index (χ4n) is 2.79. The molecule has 0 amide bonds. The summed E-state index contributed by atoms with van der Waals surface area (Å²) < 4.78 is 22.6. The van der Waals surface area contributed by atoms with E-state index in [9.17, 15) is 0 Å². The predicted molar refractivity (Wildman–Crippen MR) is 96.2 cm³/mol. The van der Waals surface area contributed by atoms with Crippen LogP contribution in [0, 0.1) is 0 Å². The molecule has 0 saturated carbocycles. The summed E-state index contributed by atoms with van der Waals surface area (Å²) in [4.78, 5) is 0. The Balaban J connectivity index is 1.84. The summed E-state index contributed by atoms with van der Waals surface area (Å²) in [7, 11) is 0. The van der Waals surface area contributed by atoms with Crippen LogP contribution in [-0.2, 0) is 15.9 Å². The van der Waals surface area contributed by atoms with Crippen molar-refractivity contribution < 1.29 is 18.9 Å². The molecule has 4 nitrogen and oxygen atoms in total. The maximum atomic E-state index is 5.87. The van der Waals surface area contributed by atoms with Gasteiger partial charge in [-0.2, -0.15) is 0 Å². The molecule has 0 aromatic heterocycles. The number of benzene rings is 1. The lowest BCUT2D eigenvalue weighted by molar-refractivity contribution is 0.0223. The second-order valence-electron chi connectivity index (χ2n) is 6.22. The van der Waals surface area contributed by atoms with Gasteiger partial charge in [0.05, 0.1) is 26.4 Å². The van der Waals surface area contributed by atoms with Crippen LogP contribution in [0.4, 0.5) is 0 Å². The van der Waals surface area contributed by atoms with Crippen LogP contribution in [0.1, 0.15) is 51.0 Å². The topological polar surface area (TPSA) is 36.9 Å². The minimum Gasteiger partial charge on any atom is -0.487 e. The van der Waals surface area contributed by atoms with E-state index in [2.05, 4.69) is 19.1 Å². The Kier molecular flexibility index (Phi) is 9.66.